The monoisotopic (exact) mass is 748 g/mol. The Balaban J connectivity index is 1.54. The lowest BCUT2D eigenvalue weighted by Gasteiger charge is -2.24. The number of hydrogen-bond acceptors (Lipinski definition) is 6. The SMILES string of the molecule is CCOC(=O)C1=C(C)N=c2s/c(=C/c3cc(Br)c(OCc4ccc(Cl)c(Cl)c4)c(Br)c3)c(=O)n2[C@H]1c1ccc(C)cc1. The summed E-state index contributed by atoms with van der Waals surface area (Å²) in [5.41, 5.74) is 4.16. The molecule has 0 bridgehead atoms. The van der Waals surface area contributed by atoms with Crippen LogP contribution in [-0.4, -0.2) is 17.1 Å². The maximum absolute atomic E-state index is 13.9. The zero-order valence-corrected chi connectivity index (χ0v) is 28.2. The van der Waals surface area contributed by atoms with Crippen LogP contribution in [0.5, 0.6) is 5.75 Å². The van der Waals surface area contributed by atoms with E-state index in [9.17, 15) is 9.59 Å². The van der Waals surface area contributed by atoms with Gasteiger partial charge in [-0.1, -0.05) is 70.4 Å². The van der Waals surface area contributed by atoms with Crippen molar-refractivity contribution < 1.29 is 14.3 Å². The fourth-order valence-electron chi connectivity index (χ4n) is 4.59. The van der Waals surface area contributed by atoms with E-state index in [0.717, 1.165) is 22.3 Å². The van der Waals surface area contributed by atoms with Crippen LogP contribution in [0.3, 0.4) is 0 Å². The Kier molecular flexibility index (Phi) is 9.44. The van der Waals surface area contributed by atoms with Crippen LogP contribution in [-0.2, 0) is 16.1 Å². The van der Waals surface area contributed by atoms with Crippen molar-refractivity contribution in [3.8, 4) is 5.75 Å². The Bertz CT molecular complexity index is 1890. The van der Waals surface area contributed by atoms with Gasteiger partial charge in [0.1, 0.15) is 12.4 Å². The molecule has 0 spiro atoms. The molecule has 0 saturated heterocycles. The number of allylic oxidation sites excluding steroid dienone is 1. The first-order chi connectivity index (χ1) is 20.1. The molecule has 0 fully saturated rings. The first-order valence-corrected chi connectivity index (χ1v) is 16.0. The number of carbonyl (C=O) groups excluding carboxylic acids is 1. The highest BCUT2D eigenvalue weighted by Crippen LogP contribution is 2.36. The summed E-state index contributed by atoms with van der Waals surface area (Å²) in [5, 5.41) is 0.941. The van der Waals surface area contributed by atoms with Crippen molar-refractivity contribution in [2.24, 2.45) is 4.99 Å². The second-order valence-electron chi connectivity index (χ2n) is 9.56. The molecule has 1 aromatic heterocycles. The van der Waals surface area contributed by atoms with Gasteiger partial charge in [-0.2, -0.15) is 0 Å². The summed E-state index contributed by atoms with van der Waals surface area (Å²) in [5.74, 6) is 0.122. The Labute approximate surface area is 273 Å². The van der Waals surface area contributed by atoms with Crippen molar-refractivity contribution in [2.75, 3.05) is 6.61 Å². The van der Waals surface area contributed by atoms with Gasteiger partial charge in [-0.15, -0.1) is 0 Å². The Morgan fingerprint density at radius 1 is 1.05 bits per heavy atom. The van der Waals surface area contributed by atoms with Gasteiger partial charge in [0.2, 0.25) is 0 Å². The third-order valence-corrected chi connectivity index (χ3v) is 9.50. The number of esters is 1. The van der Waals surface area contributed by atoms with Crippen LogP contribution in [0, 0.1) is 6.92 Å². The summed E-state index contributed by atoms with van der Waals surface area (Å²) >= 11 is 20.6. The number of ether oxygens (including phenoxy) is 2. The zero-order chi connectivity index (χ0) is 30.1. The third kappa shape index (κ3) is 6.31. The number of fused-ring (bicyclic) bond motifs is 1. The molecule has 1 aliphatic rings. The molecule has 6 nitrogen and oxygen atoms in total. The van der Waals surface area contributed by atoms with E-state index in [1.54, 1.807) is 36.6 Å². The van der Waals surface area contributed by atoms with Crippen molar-refractivity contribution >= 4 is 78.4 Å². The number of hydrogen-bond donors (Lipinski definition) is 0. The molecule has 42 heavy (non-hydrogen) atoms. The van der Waals surface area contributed by atoms with Crippen LogP contribution < -0.4 is 19.6 Å². The summed E-state index contributed by atoms with van der Waals surface area (Å²) in [7, 11) is 0. The molecular weight excluding hydrogens is 727 g/mol. The molecule has 3 aromatic carbocycles. The van der Waals surface area contributed by atoms with Crippen LogP contribution in [0.2, 0.25) is 10.0 Å². The van der Waals surface area contributed by atoms with E-state index in [1.807, 2.05) is 49.4 Å². The van der Waals surface area contributed by atoms with Crippen molar-refractivity contribution in [1.29, 1.82) is 0 Å². The van der Waals surface area contributed by atoms with Gasteiger partial charge in [-0.25, -0.2) is 9.79 Å². The molecule has 2 heterocycles. The number of aryl methyl sites for hydroxylation is 1. The molecule has 11 heteroatoms. The quantitative estimate of drug-likeness (QED) is 0.184. The summed E-state index contributed by atoms with van der Waals surface area (Å²) in [6.45, 7) is 6.02. The van der Waals surface area contributed by atoms with Crippen LogP contribution in [0.1, 0.15) is 42.1 Å². The van der Waals surface area contributed by atoms with Gasteiger partial charge in [0.25, 0.3) is 5.56 Å². The highest BCUT2D eigenvalue weighted by atomic mass is 79.9. The van der Waals surface area contributed by atoms with E-state index >= 15 is 0 Å². The number of halogens is 4. The molecular formula is C31H24Br2Cl2N2O4S. The molecule has 4 aromatic rings. The first-order valence-electron chi connectivity index (χ1n) is 12.9. The standard InChI is InChI=1S/C31H24Br2Cl2N2O4S/c1-4-40-30(39)26-17(3)36-31-37(27(26)20-8-5-16(2)6-9-20)29(38)25(42-31)14-19-11-21(32)28(22(33)12-19)41-15-18-7-10-23(34)24(35)13-18/h5-14,27H,4,15H2,1-3H3/b25-14+/t27-/m0/s1. The summed E-state index contributed by atoms with van der Waals surface area (Å²) in [4.78, 5) is 32.1. The summed E-state index contributed by atoms with van der Waals surface area (Å²) in [6.07, 6.45) is 1.80. The molecule has 1 aliphatic heterocycles. The third-order valence-electron chi connectivity index (χ3n) is 6.60. The van der Waals surface area contributed by atoms with Gasteiger partial charge in [0.05, 0.1) is 47.4 Å². The van der Waals surface area contributed by atoms with Crippen molar-refractivity contribution in [3.05, 3.63) is 127 Å². The lowest BCUT2D eigenvalue weighted by Crippen LogP contribution is -2.39. The average molecular weight is 751 g/mol. The topological polar surface area (TPSA) is 69.9 Å². The van der Waals surface area contributed by atoms with E-state index in [4.69, 9.17) is 32.7 Å². The molecule has 0 N–H and O–H groups in total. The highest BCUT2D eigenvalue weighted by Gasteiger charge is 2.33. The van der Waals surface area contributed by atoms with Gasteiger partial charge in [-0.3, -0.25) is 9.36 Å². The Morgan fingerprint density at radius 3 is 2.38 bits per heavy atom. The number of nitrogens with zero attached hydrogens (tertiary/aromatic N) is 2. The number of carbonyl (C=O) groups is 1. The van der Waals surface area contributed by atoms with E-state index in [2.05, 4.69) is 36.9 Å². The highest BCUT2D eigenvalue weighted by molar-refractivity contribution is 9.11. The van der Waals surface area contributed by atoms with Crippen molar-refractivity contribution in [3.63, 3.8) is 0 Å². The molecule has 0 aliphatic carbocycles. The molecule has 216 valence electrons. The molecule has 1 atom stereocenters. The summed E-state index contributed by atoms with van der Waals surface area (Å²) in [6, 6.07) is 16.2. The number of thiazole rings is 1. The van der Waals surface area contributed by atoms with Gasteiger partial charge in [-0.05, 0) is 99.7 Å². The minimum atomic E-state index is -0.654. The smallest absolute Gasteiger partial charge is 0.338 e. The maximum atomic E-state index is 13.9. The van der Waals surface area contributed by atoms with Crippen LogP contribution in [0.25, 0.3) is 6.08 Å². The lowest BCUT2D eigenvalue weighted by molar-refractivity contribution is -0.139. The van der Waals surface area contributed by atoms with Crippen molar-refractivity contribution in [1.82, 2.24) is 4.57 Å². The van der Waals surface area contributed by atoms with E-state index in [0.29, 0.717) is 45.3 Å². The Morgan fingerprint density at radius 2 is 1.74 bits per heavy atom. The molecule has 0 radical (unpaired) electrons. The van der Waals surface area contributed by atoms with E-state index in [1.165, 1.54) is 11.3 Å². The minimum absolute atomic E-state index is 0.220. The normalized spacial score (nSPS) is 14.9. The van der Waals surface area contributed by atoms with Gasteiger partial charge in [0.15, 0.2) is 4.80 Å². The second-order valence-corrected chi connectivity index (χ2v) is 13.1. The first kappa shape index (κ1) is 30.8. The maximum Gasteiger partial charge on any atom is 0.338 e. The van der Waals surface area contributed by atoms with E-state index in [-0.39, 0.29) is 18.8 Å². The van der Waals surface area contributed by atoms with Crippen molar-refractivity contribution in [2.45, 2.75) is 33.4 Å². The van der Waals surface area contributed by atoms with E-state index < -0.39 is 12.0 Å². The molecule has 0 amide bonds. The van der Waals surface area contributed by atoms with Crippen LogP contribution in [0.15, 0.2) is 84.6 Å². The fraction of sp³-hybridized carbons (Fsp3) is 0.194. The van der Waals surface area contributed by atoms with Gasteiger partial charge >= 0.3 is 5.97 Å². The number of rotatable bonds is 7. The van der Waals surface area contributed by atoms with Crippen LogP contribution >= 0.6 is 66.4 Å². The molecule has 0 unspecified atom stereocenters. The number of aromatic nitrogens is 1. The average Bonchev–Trinajstić information content (AvgIpc) is 3.24. The predicted molar refractivity (Wildman–Crippen MR) is 174 cm³/mol. The minimum Gasteiger partial charge on any atom is -0.487 e. The second kappa shape index (κ2) is 12.9. The Hall–Kier alpha value is -2.69. The largest absolute Gasteiger partial charge is 0.487 e. The predicted octanol–water partition coefficient (Wildman–Crippen LogP) is 7.52. The molecule has 5 rings (SSSR count). The molecule has 0 saturated carbocycles. The van der Waals surface area contributed by atoms with Gasteiger partial charge in [0, 0.05) is 0 Å². The lowest BCUT2D eigenvalue weighted by atomic mass is 9.95. The fourth-order valence-corrected chi connectivity index (χ4v) is 7.41. The van der Waals surface area contributed by atoms with Crippen LogP contribution in [0.4, 0.5) is 0 Å². The van der Waals surface area contributed by atoms with Gasteiger partial charge < -0.3 is 9.47 Å². The number of benzene rings is 3. The summed E-state index contributed by atoms with van der Waals surface area (Å²) < 4.78 is 14.9. The zero-order valence-electron chi connectivity index (χ0n) is 22.7.